The van der Waals surface area contributed by atoms with Gasteiger partial charge in [0.1, 0.15) is 5.82 Å². The predicted octanol–water partition coefficient (Wildman–Crippen LogP) is 3.96. The van der Waals surface area contributed by atoms with Crippen LogP contribution in [0.25, 0.3) is 11.1 Å². The molecule has 4 rings (SSSR count). The Morgan fingerprint density at radius 3 is 1.71 bits per heavy atom. The Morgan fingerprint density at radius 2 is 1.29 bits per heavy atom. The first kappa shape index (κ1) is 15.5. The second kappa shape index (κ2) is 5.26. The third-order valence-corrected chi connectivity index (χ3v) is 6.08. The molecule has 124 valence electrons. The normalized spacial score (nSPS) is 19.1. The number of rotatable bonds is 3. The Labute approximate surface area is 141 Å². The largest absolute Gasteiger partial charge is 0.238 e. The van der Waals surface area contributed by atoms with Crippen molar-refractivity contribution in [1.29, 1.82) is 0 Å². The smallest absolute Gasteiger partial charge is 0.225 e. The summed E-state index contributed by atoms with van der Waals surface area (Å²) in [6, 6.07) is 13.4. The number of hydrogen-bond acceptors (Lipinski definition) is 2. The molecular weight excluding hydrogens is 325 g/mol. The van der Waals surface area contributed by atoms with Gasteiger partial charge in [0, 0.05) is 0 Å². The van der Waals surface area contributed by atoms with Crippen molar-refractivity contribution < 1.29 is 12.8 Å². The van der Waals surface area contributed by atoms with Crippen LogP contribution in [0.5, 0.6) is 0 Å². The van der Waals surface area contributed by atoms with E-state index in [-0.39, 0.29) is 10.7 Å². The molecule has 5 heteroatoms. The quantitative estimate of drug-likeness (QED) is 0.917. The van der Waals surface area contributed by atoms with Crippen molar-refractivity contribution in [3.05, 3.63) is 65.5 Å². The van der Waals surface area contributed by atoms with Gasteiger partial charge in [-0.2, -0.15) is 0 Å². The van der Waals surface area contributed by atoms with E-state index in [0.717, 1.165) is 24.0 Å². The monoisotopic (exact) mass is 343 g/mol. The van der Waals surface area contributed by atoms with E-state index in [9.17, 15) is 12.8 Å². The molecule has 0 unspecified atom stereocenters. The van der Waals surface area contributed by atoms with Crippen molar-refractivity contribution in [3.63, 3.8) is 0 Å². The lowest BCUT2D eigenvalue weighted by Gasteiger charge is -2.09. The van der Waals surface area contributed by atoms with Crippen molar-refractivity contribution >= 4 is 21.2 Å². The van der Waals surface area contributed by atoms with Gasteiger partial charge in [-0.25, -0.2) is 17.9 Å². The highest BCUT2D eigenvalue weighted by molar-refractivity contribution is 7.89. The number of benzene rings is 2. The summed E-state index contributed by atoms with van der Waals surface area (Å²) in [6.07, 6.45) is 4.44. The maximum Gasteiger partial charge on any atom is 0.238 e. The summed E-state index contributed by atoms with van der Waals surface area (Å²) in [7, 11) is -3.68. The number of allylic oxidation sites excluding steroid dienone is 2. The van der Waals surface area contributed by atoms with Crippen LogP contribution in [0, 0.1) is 11.2 Å². The molecule has 0 saturated heterocycles. The molecule has 1 spiro atoms. The van der Waals surface area contributed by atoms with Crippen LogP contribution >= 0.6 is 0 Å². The Balaban J connectivity index is 1.77. The SMILES string of the molecule is NS(=O)(=O)c1ccc(C2=C(c3ccc(F)cc3)CC3(CC3)C2)cc1. The van der Waals surface area contributed by atoms with Gasteiger partial charge in [0.25, 0.3) is 0 Å². The summed E-state index contributed by atoms with van der Waals surface area (Å²) in [4.78, 5) is 0.120. The van der Waals surface area contributed by atoms with Crippen LogP contribution in [0.3, 0.4) is 0 Å². The Bertz CT molecular complexity index is 924. The average molecular weight is 343 g/mol. The first-order chi connectivity index (χ1) is 11.4. The van der Waals surface area contributed by atoms with Gasteiger partial charge in [-0.05, 0) is 77.6 Å². The highest BCUT2D eigenvalue weighted by Crippen LogP contribution is 2.63. The fourth-order valence-electron chi connectivity index (χ4n) is 3.61. The zero-order chi connectivity index (χ0) is 16.9. The first-order valence-electron chi connectivity index (χ1n) is 7.98. The van der Waals surface area contributed by atoms with E-state index in [2.05, 4.69) is 0 Å². The van der Waals surface area contributed by atoms with Gasteiger partial charge < -0.3 is 0 Å². The van der Waals surface area contributed by atoms with Crippen LogP contribution < -0.4 is 5.14 Å². The highest BCUT2D eigenvalue weighted by Gasteiger charge is 2.48. The molecule has 0 bridgehead atoms. The van der Waals surface area contributed by atoms with Gasteiger partial charge in [-0.3, -0.25) is 0 Å². The molecule has 0 amide bonds. The molecule has 0 aliphatic heterocycles. The van der Waals surface area contributed by atoms with E-state index >= 15 is 0 Å². The number of hydrogen-bond donors (Lipinski definition) is 1. The second-order valence-electron chi connectivity index (χ2n) is 6.89. The van der Waals surface area contributed by atoms with Gasteiger partial charge in [0.15, 0.2) is 0 Å². The Morgan fingerprint density at radius 1 is 0.833 bits per heavy atom. The molecule has 2 aliphatic rings. The minimum Gasteiger partial charge on any atom is -0.225 e. The van der Waals surface area contributed by atoms with Crippen molar-refractivity contribution in [1.82, 2.24) is 0 Å². The number of nitrogens with two attached hydrogens (primary N) is 1. The third kappa shape index (κ3) is 2.78. The lowest BCUT2D eigenvalue weighted by Crippen LogP contribution is -2.11. The molecule has 2 aliphatic carbocycles. The molecule has 0 heterocycles. The van der Waals surface area contributed by atoms with Gasteiger partial charge in [0.2, 0.25) is 10.0 Å². The van der Waals surface area contributed by atoms with Gasteiger partial charge in [-0.1, -0.05) is 24.3 Å². The van der Waals surface area contributed by atoms with Crippen molar-refractivity contribution in [3.8, 4) is 0 Å². The zero-order valence-electron chi connectivity index (χ0n) is 13.1. The standard InChI is InChI=1S/C19H18FNO2S/c20-15-5-1-13(2-6-15)17-11-19(9-10-19)12-18(17)14-3-7-16(8-4-14)24(21,22)23/h1-8H,9-12H2,(H2,21,22,23). The van der Waals surface area contributed by atoms with E-state index in [4.69, 9.17) is 5.14 Å². The molecule has 3 nitrogen and oxygen atoms in total. The highest BCUT2D eigenvalue weighted by atomic mass is 32.2. The van der Waals surface area contributed by atoms with Gasteiger partial charge >= 0.3 is 0 Å². The molecule has 1 saturated carbocycles. The molecule has 2 aromatic carbocycles. The average Bonchev–Trinajstić information content (AvgIpc) is 3.19. The molecule has 2 N–H and O–H groups in total. The van der Waals surface area contributed by atoms with Crippen LogP contribution in [0.4, 0.5) is 4.39 Å². The van der Waals surface area contributed by atoms with Crippen LogP contribution in [-0.4, -0.2) is 8.42 Å². The van der Waals surface area contributed by atoms with Crippen LogP contribution in [0.15, 0.2) is 53.4 Å². The van der Waals surface area contributed by atoms with Crippen LogP contribution in [-0.2, 0) is 10.0 Å². The molecule has 1 fully saturated rings. The van der Waals surface area contributed by atoms with Gasteiger partial charge in [0.05, 0.1) is 4.90 Å². The molecule has 0 aromatic heterocycles. The third-order valence-electron chi connectivity index (χ3n) is 5.15. The van der Waals surface area contributed by atoms with Gasteiger partial charge in [-0.15, -0.1) is 0 Å². The van der Waals surface area contributed by atoms with Crippen LogP contribution in [0.2, 0.25) is 0 Å². The summed E-state index contributed by atoms with van der Waals surface area (Å²) in [5.74, 6) is -0.238. The summed E-state index contributed by atoms with van der Waals surface area (Å²) in [5, 5.41) is 5.17. The molecule has 2 aromatic rings. The molecule has 0 radical (unpaired) electrons. The van der Waals surface area contributed by atoms with Crippen molar-refractivity contribution in [2.75, 3.05) is 0 Å². The second-order valence-corrected chi connectivity index (χ2v) is 8.45. The number of primary sulfonamides is 1. The van der Waals surface area contributed by atoms with Crippen LogP contribution in [0.1, 0.15) is 36.8 Å². The van der Waals surface area contributed by atoms with E-state index in [1.165, 1.54) is 36.1 Å². The van der Waals surface area contributed by atoms with Crippen molar-refractivity contribution in [2.45, 2.75) is 30.6 Å². The number of halogens is 1. The van der Waals surface area contributed by atoms with E-state index in [0.29, 0.717) is 5.41 Å². The van der Waals surface area contributed by atoms with E-state index in [1.807, 2.05) is 24.3 Å². The zero-order valence-corrected chi connectivity index (χ0v) is 13.9. The molecule has 24 heavy (non-hydrogen) atoms. The topological polar surface area (TPSA) is 60.2 Å². The number of sulfonamides is 1. The van der Waals surface area contributed by atoms with E-state index < -0.39 is 10.0 Å². The Hall–Kier alpha value is -1.98. The lowest BCUT2D eigenvalue weighted by molar-refractivity contribution is 0.568. The summed E-state index contributed by atoms with van der Waals surface area (Å²) in [6.45, 7) is 0. The fourth-order valence-corrected chi connectivity index (χ4v) is 4.12. The first-order valence-corrected chi connectivity index (χ1v) is 9.52. The predicted molar refractivity (Wildman–Crippen MR) is 91.9 cm³/mol. The van der Waals surface area contributed by atoms with Crippen molar-refractivity contribution in [2.24, 2.45) is 10.6 Å². The summed E-state index contributed by atoms with van der Waals surface area (Å²) in [5.41, 5.74) is 4.91. The Kier molecular flexibility index (Phi) is 3.41. The minimum absolute atomic E-state index is 0.120. The molecular formula is C19H18FNO2S. The molecule has 0 atom stereocenters. The fraction of sp³-hybridized carbons (Fsp3) is 0.263. The summed E-state index contributed by atoms with van der Waals surface area (Å²) >= 11 is 0. The maximum atomic E-state index is 13.2. The summed E-state index contributed by atoms with van der Waals surface area (Å²) < 4.78 is 36.1. The van der Waals surface area contributed by atoms with E-state index in [1.54, 1.807) is 12.1 Å². The lowest BCUT2D eigenvalue weighted by atomic mass is 9.97. The maximum absolute atomic E-state index is 13.2. The minimum atomic E-state index is -3.68.